The molecule has 0 spiro atoms. The number of carboxylic acids is 1. The molecule has 0 aliphatic carbocycles. The van der Waals surface area contributed by atoms with Crippen LogP contribution in [0.25, 0.3) is 0 Å². The van der Waals surface area contributed by atoms with E-state index in [1.807, 2.05) is 0 Å². The molecule has 1 aromatic rings. The quantitative estimate of drug-likeness (QED) is 0.261. The van der Waals surface area contributed by atoms with Gasteiger partial charge in [-0.1, -0.05) is 71.1 Å². The summed E-state index contributed by atoms with van der Waals surface area (Å²) in [6, 6.07) is -1.87. The second-order valence-electron chi connectivity index (χ2n) is 8.26. The topological polar surface area (TPSA) is 124 Å². The van der Waals surface area contributed by atoms with Gasteiger partial charge in [0.15, 0.2) is 0 Å². The van der Waals surface area contributed by atoms with Crippen LogP contribution in [0.2, 0.25) is 0 Å². The van der Waals surface area contributed by atoms with Crippen molar-refractivity contribution < 1.29 is 19.5 Å². The molecule has 2 atom stereocenters. The van der Waals surface area contributed by atoms with Crippen LogP contribution in [0.3, 0.4) is 0 Å². The molecule has 0 aromatic carbocycles. The molecule has 4 N–H and O–H groups in total. The van der Waals surface area contributed by atoms with Crippen LogP contribution in [-0.4, -0.2) is 44.9 Å². The van der Waals surface area contributed by atoms with Crippen LogP contribution >= 0.6 is 0 Å². The fraction of sp³-hybridized carbons (Fsp3) is 0.739. The van der Waals surface area contributed by atoms with E-state index < -0.39 is 24.0 Å². The van der Waals surface area contributed by atoms with Gasteiger partial charge in [0.05, 0.1) is 6.33 Å². The molecular weight excluding hydrogens is 396 g/mol. The van der Waals surface area contributed by atoms with Gasteiger partial charge < -0.3 is 20.7 Å². The zero-order valence-corrected chi connectivity index (χ0v) is 19.1. The third-order valence-corrected chi connectivity index (χ3v) is 5.37. The van der Waals surface area contributed by atoms with Gasteiger partial charge >= 0.3 is 5.97 Å². The number of aliphatic carboxylic acids is 1. The summed E-state index contributed by atoms with van der Waals surface area (Å²) in [6.45, 7) is 3.79. The van der Waals surface area contributed by atoms with Crippen molar-refractivity contribution in [2.45, 2.75) is 109 Å². The van der Waals surface area contributed by atoms with Crippen molar-refractivity contribution in [1.29, 1.82) is 0 Å². The Kier molecular flexibility index (Phi) is 14.0. The third-order valence-electron chi connectivity index (χ3n) is 5.37. The summed E-state index contributed by atoms with van der Waals surface area (Å²) in [5.41, 5.74) is 0.612. The zero-order chi connectivity index (χ0) is 22.9. The van der Waals surface area contributed by atoms with E-state index in [2.05, 4.69) is 27.5 Å². The first-order chi connectivity index (χ1) is 14.9. The fourth-order valence-corrected chi connectivity index (χ4v) is 3.44. The molecule has 0 saturated heterocycles. The fourth-order valence-electron chi connectivity index (χ4n) is 3.44. The lowest BCUT2D eigenvalue weighted by Gasteiger charge is -2.18. The third kappa shape index (κ3) is 12.8. The molecule has 8 heteroatoms. The van der Waals surface area contributed by atoms with Gasteiger partial charge in [-0.3, -0.25) is 9.59 Å². The maximum absolute atomic E-state index is 12.3. The number of carbonyl (C=O) groups excluding carboxylic acids is 2. The van der Waals surface area contributed by atoms with E-state index in [1.54, 1.807) is 6.92 Å². The van der Waals surface area contributed by atoms with Crippen molar-refractivity contribution in [3.63, 3.8) is 0 Å². The van der Waals surface area contributed by atoms with Gasteiger partial charge in [0.2, 0.25) is 11.8 Å². The van der Waals surface area contributed by atoms with Crippen LogP contribution in [0.4, 0.5) is 0 Å². The second kappa shape index (κ2) is 16.3. The first kappa shape index (κ1) is 26.7. The number of aromatic amines is 1. The second-order valence-corrected chi connectivity index (χ2v) is 8.26. The van der Waals surface area contributed by atoms with Crippen molar-refractivity contribution >= 4 is 17.8 Å². The van der Waals surface area contributed by atoms with Crippen molar-refractivity contribution in [3.05, 3.63) is 18.2 Å². The van der Waals surface area contributed by atoms with Gasteiger partial charge in [0.1, 0.15) is 12.1 Å². The number of imidazole rings is 1. The largest absolute Gasteiger partial charge is 0.480 e. The van der Waals surface area contributed by atoms with Crippen molar-refractivity contribution in [1.82, 2.24) is 20.6 Å². The molecule has 0 unspecified atom stereocenters. The number of nitrogens with zero attached hydrogens (tertiary/aromatic N) is 1. The molecule has 8 nitrogen and oxygen atoms in total. The minimum absolute atomic E-state index is 0.0977. The predicted molar refractivity (Wildman–Crippen MR) is 121 cm³/mol. The molecule has 1 heterocycles. The average molecular weight is 437 g/mol. The Bertz CT molecular complexity index is 634. The molecule has 0 aliphatic heterocycles. The Morgan fingerprint density at radius 1 is 0.968 bits per heavy atom. The maximum atomic E-state index is 12.3. The molecule has 0 radical (unpaired) electrons. The van der Waals surface area contributed by atoms with Crippen LogP contribution in [0.5, 0.6) is 0 Å². The number of hydrogen-bond acceptors (Lipinski definition) is 4. The van der Waals surface area contributed by atoms with Gasteiger partial charge in [-0.05, 0) is 13.3 Å². The van der Waals surface area contributed by atoms with E-state index in [4.69, 9.17) is 0 Å². The average Bonchev–Trinajstić information content (AvgIpc) is 3.24. The van der Waals surface area contributed by atoms with Crippen LogP contribution in [0, 0.1) is 0 Å². The number of carboxylic acid groups (broad SMARTS) is 1. The number of H-pyrrole nitrogens is 1. The smallest absolute Gasteiger partial charge is 0.326 e. The number of hydrogen-bond donors (Lipinski definition) is 4. The highest BCUT2D eigenvalue weighted by atomic mass is 16.4. The number of carbonyl (C=O) groups is 3. The maximum Gasteiger partial charge on any atom is 0.326 e. The summed E-state index contributed by atoms with van der Waals surface area (Å²) < 4.78 is 0. The van der Waals surface area contributed by atoms with Gasteiger partial charge in [-0.2, -0.15) is 0 Å². The van der Waals surface area contributed by atoms with E-state index in [-0.39, 0.29) is 12.3 Å². The van der Waals surface area contributed by atoms with Crippen LogP contribution in [-0.2, 0) is 20.8 Å². The normalized spacial score (nSPS) is 12.8. The molecular formula is C23H40N4O4. The van der Waals surface area contributed by atoms with Crippen LogP contribution in [0.15, 0.2) is 12.5 Å². The first-order valence-electron chi connectivity index (χ1n) is 11.7. The first-order valence-corrected chi connectivity index (χ1v) is 11.7. The summed E-state index contributed by atoms with van der Waals surface area (Å²) in [6.07, 6.45) is 16.8. The molecule has 176 valence electrons. The highest BCUT2D eigenvalue weighted by Crippen LogP contribution is 2.12. The van der Waals surface area contributed by atoms with E-state index in [9.17, 15) is 19.5 Å². The Morgan fingerprint density at radius 3 is 2.06 bits per heavy atom. The Balaban J connectivity index is 2.13. The minimum atomic E-state index is -1.14. The SMILES string of the molecule is CCCCCCCCCCCCCC(=O)N[C@@H](C)C(=O)N[C@@H](Cc1cnc[nH]1)C(=O)O. The molecule has 31 heavy (non-hydrogen) atoms. The molecule has 2 amide bonds. The molecule has 1 aromatic heterocycles. The monoisotopic (exact) mass is 436 g/mol. The number of rotatable bonds is 18. The summed E-state index contributed by atoms with van der Waals surface area (Å²) in [7, 11) is 0. The summed E-state index contributed by atoms with van der Waals surface area (Å²) in [4.78, 5) is 42.4. The van der Waals surface area contributed by atoms with Crippen molar-refractivity contribution in [2.75, 3.05) is 0 Å². The Labute approximate surface area is 186 Å². The van der Waals surface area contributed by atoms with Crippen LogP contribution in [0.1, 0.15) is 96.6 Å². The standard InChI is InChI=1S/C23H40N4O4/c1-3-4-5-6-7-8-9-10-11-12-13-14-21(28)26-18(2)22(29)27-20(23(30)31)15-19-16-24-17-25-19/h16-18,20H,3-15H2,1-2H3,(H,24,25)(H,26,28)(H,27,29)(H,30,31)/t18-,20-/m0/s1. The molecule has 0 fully saturated rings. The lowest BCUT2D eigenvalue weighted by molar-refractivity contribution is -0.142. The van der Waals surface area contributed by atoms with E-state index in [1.165, 1.54) is 63.9 Å². The van der Waals surface area contributed by atoms with E-state index in [0.717, 1.165) is 19.3 Å². The van der Waals surface area contributed by atoms with Gasteiger partial charge in [-0.15, -0.1) is 0 Å². The summed E-state index contributed by atoms with van der Waals surface area (Å²) >= 11 is 0. The Hall–Kier alpha value is -2.38. The number of aromatic nitrogens is 2. The van der Waals surface area contributed by atoms with Crippen molar-refractivity contribution in [2.24, 2.45) is 0 Å². The summed E-state index contributed by atoms with van der Waals surface area (Å²) in [5.74, 6) is -1.83. The number of unbranched alkanes of at least 4 members (excludes halogenated alkanes) is 10. The Morgan fingerprint density at radius 2 is 1.55 bits per heavy atom. The lowest BCUT2D eigenvalue weighted by atomic mass is 10.1. The lowest BCUT2D eigenvalue weighted by Crippen LogP contribution is -2.51. The molecule has 0 aliphatic rings. The predicted octanol–water partition coefficient (Wildman–Crippen LogP) is 3.73. The van der Waals surface area contributed by atoms with Gasteiger partial charge in [0.25, 0.3) is 0 Å². The number of nitrogens with one attached hydrogen (secondary N) is 3. The van der Waals surface area contributed by atoms with Crippen molar-refractivity contribution in [3.8, 4) is 0 Å². The minimum Gasteiger partial charge on any atom is -0.480 e. The van der Waals surface area contributed by atoms with E-state index >= 15 is 0 Å². The molecule has 0 bridgehead atoms. The molecule has 0 saturated carbocycles. The highest BCUT2D eigenvalue weighted by molar-refractivity contribution is 5.90. The summed E-state index contributed by atoms with van der Waals surface area (Å²) in [5, 5.41) is 14.4. The van der Waals surface area contributed by atoms with Crippen LogP contribution < -0.4 is 10.6 Å². The van der Waals surface area contributed by atoms with E-state index in [0.29, 0.717) is 12.1 Å². The molecule has 1 rings (SSSR count). The highest BCUT2D eigenvalue weighted by Gasteiger charge is 2.24. The van der Waals surface area contributed by atoms with Gasteiger partial charge in [0, 0.05) is 24.7 Å². The zero-order valence-electron chi connectivity index (χ0n) is 19.1. The number of amides is 2. The van der Waals surface area contributed by atoms with Gasteiger partial charge in [-0.25, -0.2) is 9.78 Å².